The average Bonchev–Trinajstić information content (AvgIpc) is 3.17. The van der Waals surface area contributed by atoms with E-state index in [2.05, 4.69) is 29.2 Å². The van der Waals surface area contributed by atoms with Gasteiger partial charge in [0.05, 0.1) is 18.6 Å². The summed E-state index contributed by atoms with van der Waals surface area (Å²) in [5.74, 6) is 2.20. The van der Waals surface area contributed by atoms with E-state index in [1.165, 1.54) is 57.7 Å². The van der Waals surface area contributed by atoms with Gasteiger partial charge in [0, 0.05) is 18.0 Å². The lowest BCUT2D eigenvalue weighted by atomic mass is 9.96. The minimum absolute atomic E-state index is 0.848. The first-order valence-electron chi connectivity index (χ1n) is 11.4. The molecule has 3 aliphatic rings. The van der Waals surface area contributed by atoms with Gasteiger partial charge in [-0.05, 0) is 48.8 Å². The van der Waals surface area contributed by atoms with Crippen LogP contribution in [0.25, 0.3) is 10.2 Å². The summed E-state index contributed by atoms with van der Waals surface area (Å²) < 4.78 is 5.55. The van der Waals surface area contributed by atoms with Crippen LogP contribution in [0.15, 0.2) is 24.3 Å². The lowest BCUT2D eigenvalue weighted by molar-refractivity contribution is -0.922. The Morgan fingerprint density at radius 1 is 1.00 bits per heavy atom. The van der Waals surface area contributed by atoms with Crippen LogP contribution in [0.3, 0.4) is 0 Å². The molecule has 5 nitrogen and oxygen atoms in total. The molecule has 0 saturated carbocycles. The van der Waals surface area contributed by atoms with E-state index in [-0.39, 0.29) is 0 Å². The maximum Gasteiger partial charge on any atom is 0.187 e. The van der Waals surface area contributed by atoms with Crippen LogP contribution < -0.4 is 9.80 Å². The molecule has 2 aromatic heterocycles. The SMILES string of the molecule is c1ccc2c(c1)CCN(c1nc(C[NH+]3CCOCC3)nc3sc4c(c13)CCCC4)C2. The number of ether oxygens (including phenoxy) is 1. The first-order valence-corrected chi connectivity index (χ1v) is 12.2. The average molecular weight is 422 g/mol. The predicted molar refractivity (Wildman–Crippen MR) is 120 cm³/mol. The summed E-state index contributed by atoms with van der Waals surface area (Å²) in [4.78, 5) is 17.2. The molecule has 2 aliphatic heterocycles. The molecule has 0 amide bonds. The number of aryl methyl sites for hydroxylation is 2. The van der Waals surface area contributed by atoms with Gasteiger partial charge >= 0.3 is 0 Å². The minimum atomic E-state index is 0.848. The van der Waals surface area contributed by atoms with Crippen LogP contribution in [0.2, 0.25) is 0 Å². The standard InChI is InChI=1S/C24H28N4OS/c1-2-6-18-15-28(10-9-17(18)5-1)23-22-19-7-3-4-8-20(19)30-24(22)26-21(25-23)16-27-11-13-29-14-12-27/h1-2,5-6H,3-4,7-16H2/p+1. The van der Waals surface area contributed by atoms with Gasteiger partial charge in [0.15, 0.2) is 5.82 Å². The number of nitrogens with one attached hydrogen (secondary N) is 1. The predicted octanol–water partition coefficient (Wildman–Crippen LogP) is 2.55. The highest BCUT2D eigenvalue weighted by Gasteiger charge is 2.27. The number of hydrogen-bond acceptors (Lipinski definition) is 5. The van der Waals surface area contributed by atoms with E-state index in [1.807, 2.05) is 11.3 Å². The molecule has 6 rings (SSSR count). The Morgan fingerprint density at radius 3 is 2.73 bits per heavy atom. The van der Waals surface area contributed by atoms with E-state index in [0.29, 0.717) is 0 Å². The second kappa shape index (κ2) is 7.91. The molecule has 4 heterocycles. The molecule has 0 bridgehead atoms. The molecule has 30 heavy (non-hydrogen) atoms. The van der Waals surface area contributed by atoms with Crippen molar-refractivity contribution in [3.8, 4) is 0 Å². The van der Waals surface area contributed by atoms with Gasteiger partial charge in [0.1, 0.15) is 30.3 Å². The van der Waals surface area contributed by atoms with Crippen LogP contribution in [0, 0.1) is 0 Å². The molecule has 1 N–H and O–H groups in total. The Kier molecular flexibility index (Phi) is 4.94. The molecular formula is C24H29N4OS+. The van der Waals surface area contributed by atoms with E-state index in [9.17, 15) is 0 Å². The fourth-order valence-corrected chi connectivity index (χ4v) is 6.50. The van der Waals surface area contributed by atoms with E-state index in [0.717, 1.165) is 58.2 Å². The Morgan fingerprint density at radius 2 is 1.83 bits per heavy atom. The van der Waals surface area contributed by atoms with Crippen LogP contribution in [-0.2, 0) is 37.1 Å². The van der Waals surface area contributed by atoms with Crippen LogP contribution in [0.1, 0.15) is 40.2 Å². The highest BCUT2D eigenvalue weighted by atomic mass is 32.1. The molecule has 1 saturated heterocycles. The van der Waals surface area contributed by atoms with Gasteiger partial charge in [0.25, 0.3) is 0 Å². The normalized spacial score (nSPS) is 19.7. The van der Waals surface area contributed by atoms with E-state index >= 15 is 0 Å². The largest absolute Gasteiger partial charge is 0.370 e. The zero-order valence-corrected chi connectivity index (χ0v) is 18.3. The lowest BCUT2D eigenvalue weighted by Crippen LogP contribution is -3.12. The third kappa shape index (κ3) is 3.41. The first kappa shape index (κ1) is 18.7. The molecule has 156 valence electrons. The Bertz CT molecular complexity index is 1070. The van der Waals surface area contributed by atoms with Crippen molar-refractivity contribution in [2.45, 2.75) is 45.2 Å². The Hall–Kier alpha value is -2.02. The van der Waals surface area contributed by atoms with Crippen molar-refractivity contribution in [1.29, 1.82) is 0 Å². The number of morpholine rings is 1. The zero-order chi connectivity index (χ0) is 19.9. The highest BCUT2D eigenvalue weighted by Crippen LogP contribution is 2.40. The van der Waals surface area contributed by atoms with Crippen molar-refractivity contribution in [3.05, 3.63) is 51.7 Å². The quantitative estimate of drug-likeness (QED) is 0.706. The summed E-state index contributed by atoms with van der Waals surface area (Å²) >= 11 is 1.93. The maximum atomic E-state index is 5.55. The van der Waals surface area contributed by atoms with E-state index in [4.69, 9.17) is 14.7 Å². The smallest absolute Gasteiger partial charge is 0.187 e. The zero-order valence-electron chi connectivity index (χ0n) is 17.5. The molecule has 1 fully saturated rings. The van der Waals surface area contributed by atoms with Gasteiger partial charge in [-0.25, -0.2) is 9.97 Å². The Labute approximate surface area is 181 Å². The minimum Gasteiger partial charge on any atom is -0.370 e. The summed E-state index contributed by atoms with van der Waals surface area (Å²) in [6.45, 7) is 6.69. The summed E-state index contributed by atoms with van der Waals surface area (Å²) in [5.41, 5.74) is 4.48. The number of benzene rings is 1. The molecule has 0 atom stereocenters. The molecular weight excluding hydrogens is 392 g/mol. The van der Waals surface area contributed by atoms with Crippen molar-refractivity contribution in [2.75, 3.05) is 37.7 Å². The molecule has 1 aliphatic carbocycles. The molecule has 3 aromatic rings. The number of rotatable bonds is 3. The van der Waals surface area contributed by atoms with E-state index in [1.54, 1.807) is 10.4 Å². The third-order valence-corrected chi connectivity index (χ3v) is 8.07. The molecule has 0 spiro atoms. The monoisotopic (exact) mass is 421 g/mol. The van der Waals surface area contributed by atoms with Crippen LogP contribution in [0.4, 0.5) is 5.82 Å². The highest BCUT2D eigenvalue weighted by molar-refractivity contribution is 7.19. The number of hydrogen-bond donors (Lipinski definition) is 1. The van der Waals surface area contributed by atoms with Crippen molar-refractivity contribution in [2.24, 2.45) is 0 Å². The number of fused-ring (bicyclic) bond motifs is 4. The van der Waals surface area contributed by atoms with Gasteiger partial charge in [0.2, 0.25) is 0 Å². The second-order valence-corrected chi connectivity index (χ2v) is 9.92. The lowest BCUT2D eigenvalue weighted by Gasteiger charge is -2.31. The van der Waals surface area contributed by atoms with Crippen molar-refractivity contribution in [3.63, 3.8) is 0 Å². The molecule has 0 radical (unpaired) electrons. The fourth-order valence-electron chi connectivity index (χ4n) is 5.23. The fraction of sp³-hybridized carbons (Fsp3) is 0.500. The number of nitrogens with zero attached hydrogens (tertiary/aromatic N) is 3. The van der Waals surface area contributed by atoms with Crippen LogP contribution in [0.5, 0.6) is 0 Å². The maximum absolute atomic E-state index is 5.55. The van der Waals surface area contributed by atoms with Gasteiger partial charge in [-0.3, -0.25) is 0 Å². The molecule has 6 heteroatoms. The first-order chi connectivity index (χ1) is 14.8. The topological polar surface area (TPSA) is 42.7 Å². The summed E-state index contributed by atoms with van der Waals surface area (Å²) in [6, 6.07) is 8.89. The third-order valence-electron chi connectivity index (χ3n) is 6.88. The van der Waals surface area contributed by atoms with Gasteiger partial charge in [-0.2, -0.15) is 0 Å². The van der Waals surface area contributed by atoms with Crippen molar-refractivity contribution < 1.29 is 9.64 Å². The summed E-state index contributed by atoms with van der Waals surface area (Å²) in [6.07, 6.45) is 6.09. The second-order valence-electron chi connectivity index (χ2n) is 8.83. The Balaban J connectivity index is 1.42. The van der Waals surface area contributed by atoms with Gasteiger partial charge in [-0.1, -0.05) is 24.3 Å². The molecule has 0 unspecified atom stereocenters. The van der Waals surface area contributed by atoms with Gasteiger partial charge < -0.3 is 14.5 Å². The van der Waals surface area contributed by atoms with Gasteiger partial charge in [-0.15, -0.1) is 11.3 Å². The van der Waals surface area contributed by atoms with Crippen LogP contribution in [-0.4, -0.2) is 42.8 Å². The van der Waals surface area contributed by atoms with Crippen LogP contribution >= 0.6 is 11.3 Å². The summed E-state index contributed by atoms with van der Waals surface area (Å²) in [7, 11) is 0. The van der Waals surface area contributed by atoms with Crippen molar-refractivity contribution >= 4 is 27.4 Å². The molecule has 1 aromatic carbocycles. The number of anilines is 1. The summed E-state index contributed by atoms with van der Waals surface area (Å²) in [5, 5.41) is 1.36. The van der Waals surface area contributed by atoms with Crippen molar-refractivity contribution in [1.82, 2.24) is 9.97 Å². The number of thiophene rings is 1. The number of aromatic nitrogens is 2. The van der Waals surface area contributed by atoms with E-state index < -0.39 is 0 Å². The number of quaternary nitrogens is 1.